The maximum Gasteiger partial charge on any atom is 0.178 e. The van der Waals surface area contributed by atoms with Crippen molar-refractivity contribution < 1.29 is 4.74 Å². The average Bonchev–Trinajstić information content (AvgIpc) is 2.45. The predicted octanol–water partition coefficient (Wildman–Crippen LogP) is 2.20. The van der Waals surface area contributed by atoms with E-state index < -0.39 is 0 Å². The summed E-state index contributed by atoms with van der Waals surface area (Å²) in [5, 5.41) is 3.33. The summed E-state index contributed by atoms with van der Waals surface area (Å²) in [7, 11) is 1.70. The highest BCUT2D eigenvalue weighted by atomic mass is 16.5. The Bertz CT molecular complexity index is 590. The third kappa shape index (κ3) is 4.06. The molecule has 112 valence electrons. The molecule has 0 spiro atoms. The van der Waals surface area contributed by atoms with E-state index >= 15 is 0 Å². The molecule has 5 heteroatoms. The van der Waals surface area contributed by atoms with Crippen molar-refractivity contribution in [3.8, 4) is 11.5 Å². The molecule has 5 nitrogen and oxygen atoms in total. The quantitative estimate of drug-likeness (QED) is 0.825. The molecule has 2 rings (SSSR count). The fraction of sp³-hybridized carbons (Fsp3) is 0.438. The van der Waals surface area contributed by atoms with Gasteiger partial charge in [0, 0.05) is 43.3 Å². The molecule has 0 aromatic carbocycles. The van der Waals surface area contributed by atoms with E-state index in [1.807, 2.05) is 32.9 Å². The summed E-state index contributed by atoms with van der Waals surface area (Å²) < 4.78 is 5.03. The van der Waals surface area contributed by atoms with E-state index in [2.05, 4.69) is 20.3 Å². The number of pyridine rings is 1. The van der Waals surface area contributed by atoms with Crippen LogP contribution in [-0.4, -0.2) is 35.2 Å². The lowest BCUT2D eigenvalue weighted by Gasteiger charge is -2.11. The maximum absolute atomic E-state index is 5.03. The molecule has 0 aliphatic carbocycles. The second kappa shape index (κ2) is 7.24. The van der Waals surface area contributed by atoms with Crippen LogP contribution >= 0.6 is 0 Å². The topological polar surface area (TPSA) is 59.9 Å². The van der Waals surface area contributed by atoms with Crippen LogP contribution in [0.3, 0.4) is 0 Å². The number of nitrogens with one attached hydrogen (secondary N) is 1. The van der Waals surface area contributed by atoms with Crippen molar-refractivity contribution in [2.75, 3.05) is 20.3 Å². The van der Waals surface area contributed by atoms with Crippen molar-refractivity contribution in [1.82, 2.24) is 20.3 Å². The van der Waals surface area contributed by atoms with Crippen molar-refractivity contribution in [2.24, 2.45) is 0 Å². The number of hydrogen-bond acceptors (Lipinski definition) is 5. The van der Waals surface area contributed by atoms with Crippen LogP contribution in [0.15, 0.2) is 18.3 Å². The SMILES string of the molecule is COCCNCc1c(C)nc(-c2cc(C)ccn2)nc1C. The monoisotopic (exact) mass is 286 g/mol. The van der Waals surface area contributed by atoms with E-state index in [-0.39, 0.29) is 0 Å². The first kappa shape index (κ1) is 15.5. The highest BCUT2D eigenvalue weighted by Gasteiger charge is 2.10. The van der Waals surface area contributed by atoms with Gasteiger partial charge in [-0.15, -0.1) is 0 Å². The zero-order chi connectivity index (χ0) is 15.2. The molecule has 0 unspecified atom stereocenters. The third-order valence-electron chi connectivity index (χ3n) is 3.35. The molecule has 2 aromatic heterocycles. The first-order valence-corrected chi connectivity index (χ1v) is 7.08. The van der Waals surface area contributed by atoms with Crippen LogP contribution in [0.5, 0.6) is 0 Å². The van der Waals surface area contributed by atoms with Gasteiger partial charge in [-0.05, 0) is 38.5 Å². The first-order chi connectivity index (χ1) is 10.1. The number of aromatic nitrogens is 3. The Labute approximate surface area is 125 Å². The Morgan fingerprint density at radius 2 is 1.86 bits per heavy atom. The second-order valence-corrected chi connectivity index (χ2v) is 5.08. The van der Waals surface area contributed by atoms with Gasteiger partial charge in [0.15, 0.2) is 5.82 Å². The molecule has 0 aliphatic rings. The van der Waals surface area contributed by atoms with Crippen LogP contribution in [-0.2, 0) is 11.3 Å². The van der Waals surface area contributed by atoms with Crippen molar-refractivity contribution in [3.05, 3.63) is 40.8 Å². The van der Waals surface area contributed by atoms with Gasteiger partial charge in [0.25, 0.3) is 0 Å². The number of nitrogens with zero attached hydrogens (tertiary/aromatic N) is 3. The fourth-order valence-corrected chi connectivity index (χ4v) is 2.16. The molecule has 0 bridgehead atoms. The van der Waals surface area contributed by atoms with Crippen LogP contribution < -0.4 is 5.32 Å². The molecule has 0 saturated heterocycles. The lowest BCUT2D eigenvalue weighted by atomic mass is 10.1. The molecule has 2 aromatic rings. The normalized spacial score (nSPS) is 10.9. The van der Waals surface area contributed by atoms with Crippen molar-refractivity contribution in [3.63, 3.8) is 0 Å². The predicted molar refractivity (Wildman–Crippen MR) is 83.1 cm³/mol. The van der Waals surface area contributed by atoms with Crippen LogP contribution in [0.2, 0.25) is 0 Å². The summed E-state index contributed by atoms with van der Waals surface area (Å²) in [6.07, 6.45) is 1.79. The molecule has 0 atom stereocenters. The van der Waals surface area contributed by atoms with Crippen LogP contribution in [0.1, 0.15) is 22.5 Å². The molecule has 1 N–H and O–H groups in total. The van der Waals surface area contributed by atoms with Crippen molar-refractivity contribution >= 4 is 0 Å². The highest BCUT2D eigenvalue weighted by Crippen LogP contribution is 2.17. The molecule has 21 heavy (non-hydrogen) atoms. The van der Waals surface area contributed by atoms with Gasteiger partial charge in [-0.25, -0.2) is 9.97 Å². The molecule has 0 saturated carbocycles. The minimum Gasteiger partial charge on any atom is -0.383 e. The number of rotatable bonds is 6. The van der Waals surface area contributed by atoms with Gasteiger partial charge in [0.1, 0.15) is 5.69 Å². The molecule has 0 radical (unpaired) electrons. The van der Waals surface area contributed by atoms with Crippen LogP contribution in [0, 0.1) is 20.8 Å². The zero-order valence-corrected chi connectivity index (χ0v) is 13.1. The zero-order valence-electron chi connectivity index (χ0n) is 13.1. The number of aryl methyl sites for hydroxylation is 3. The average molecular weight is 286 g/mol. The van der Waals surface area contributed by atoms with E-state index in [9.17, 15) is 0 Å². The van der Waals surface area contributed by atoms with Gasteiger partial charge >= 0.3 is 0 Å². The minimum absolute atomic E-state index is 0.689. The van der Waals surface area contributed by atoms with E-state index in [4.69, 9.17) is 4.74 Å². The van der Waals surface area contributed by atoms with Gasteiger partial charge in [0.2, 0.25) is 0 Å². The molecule has 0 amide bonds. The summed E-state index contributed by atoms with van der Waals surface area (Å²) in [5.74, 6) is 0.689. The molecule has 2 heterocycles. The Morgan fingerprint density at radius 3 is 2.48 bits per heavy atom. The van der Waals surface area contributed by atoms with E-state index in [0.29, 0.717) is 12.4 Å². The minimum atomic E-state index is 0.689. The molecular formula is C16H22N4O. The Kier molecular flexibility index (Phi) is 5.36. The maximum atomic E-state index is 5.03. The lowest BCUT2D eigenvalue weighted by molar-refractivity contribution is 0.199. The number of methoxy groups -OCH3 is 1. The van der Waals surface area contributed by atoms with Gasteiger partial charge in [-0.2, -0.15) is 0 Å². The molecule has 0 aliphatic heterocycles. The van der Waals surface area contributed by atoms with Crippen molar-refractivity contribution in [2.45, 2.75) is 27.3 Å². The van der Waals surface area contributed by atoms with Crippen LogP contribution in [0.4, 0.5) is 0 Å². The fourth-order valence-electron chi connectivity index (χ4n) is 2.16. The first-order valence-electron chi connectivity index (χ1n) is 7.08. The van der Waals surface area contributed by atoms with Gasteiger partial charge < -0.3 is 10.1 Å². The summed E-state index contributed by atoms with van der Waals surface area (Å²) >= 11 is 0. The largest absolute Gasteiger partial charge is 0.383 e. The van der Waals surface area contributed by atoms with Crippen LogP contribution in [0.25, 0.3) is 11.5 Å². The third-order valence-corrected chi connectivity index (χ3v) is 3.35. The Hall–Kier alpha value is -1.85. The standard InChI is InChI=1S/C16H22N4O/c1-11-5-6-18-15(9-11)16-19-12(2)14(13(3)20-16)10-17-7-8-21-4/h5-6,9,17H,7-8,10H2,1-4H3. The van der Waals surface area contributed by atoms with E-state index in [0.717, 1.165) is 41.3 Å². The summed E-state index contributed by atoms with van der Waals surface area (Å²) in [5.41, 5.74) is 5.10. The molecule has 0 fully saturated rings. The van der Waals surface area contributed by atoms with Gasteiger partial charge in [-0.1, -0.05) is 0 Å². The number of ether oxygens (including phenoxy) is 1. The molecular weight excluding hydrogens is 264 g/mol. The summed E-state index contributed by atoms with van der Waals surface area (Å²) in [4.78, 5) is 13.5. The van der Waals surface area contributed by atoms with E-state index in [1.54, 1.807) is 13.3 Å². The smallest absolute Gasteiger partial charge is 0.178 e. The Morgan fingerprint density at radius 1 is 1.14 bits per heavy atom. The lowest BCUT2D eigenvalue weighted by Crippen LogP contribution is -2.20. The second-order valence-electron chi connectivity index (χ2n) is 5.08. The summed E-state index contributed by atoms with van der Waals surface area (Å²) in [6, 6.07) is 3.97. The number of hydrogen-bond donors (Lipinski definition) is 1. The van der Waals surface area contributed by atoms with E-state index in [1.165, 1.54) is 0 Å². The van der Waals surface area contributed by atoms with Gasteiger partial charge in [0.05, 0.1) is 6.61 Å². The van der Waals surface area contributed by atoms with Crippen molar-refractivity contribution in [1.29, 1.82) is 0 Å². The highest BCUT2D eigenvalue weighted by molar-refractivity contribution is 5.51. The van der Waals surface area contributed by atoms with Gasteiger partial charge in [-0.3, -0.25) is 4.98 Å². The Balaban J connectivity index is 2.20. The summed E-state index contributed by atoms with van der Waals surface area (Å²) in [6.45, 7) is 8.34.